The van der Waals surface area contributed by atoms with Gasteiger partial charge < -0.3 is 10.4 Å². The second-order valence-electron chi connectivity index (χ2n) is 5.24. The second kappa shape index (κ2) is 4.63. The van der Waals surface area contributed by atoms with Gasteiger partial charge in [0.15, 0.2) is 0 Å². The Balaban J connectivity index is 1.78. The fourth-order valence-corrected chi connectivity index (χ4v) is 3.02. The molecule has 82 valence electrons. The van der Waals surface area contributed by atoms with E-state index in [1.54, 1.807) is 0 Å². The zero-order valence-corrected chi connectivity index (χ0v) is 9.21. The van der Waals surface area contributed by atoms with E-state index in [-0.39, 0.29) is 6.10 Å². The summed E-state index contributed by atoms with van der Waals surface area (Å²) in [6.45, 7) is 2.35. The summed E-state index contributed by atoms with van der Waals surface area (Å²) >= 11 is 0. The summed E-state index contributed by atoms with van der Waals surface area (Å²) in [6.07, 6.45) is 8.67. The molecule has 14 heavy (non-hydrogen) atoms. The molecule has 2 rings (SSSR count). The summed E-state index contributed by atoms with van der Waals surface area (Å²) in [5.74, 6) is 0.875. The van der Waals surface area contributed by atoms with Crippen molar-refractivity contribution in [1.82, 2.24) is 5.32 Å². The third-order valence-electron chi connectivity index (χ3n) is 3.87. The van der Waals surface area contributed by atoms with Crippen molar-refractivity contribution < 1.29 is 5.11 Å². The van der Waals surface area contributed by atoms with Crippen LogP contribution in [0.3, 0.4) is 0 Å². The third kappa shape index (κ3) is 2.48. The molecule has 0 aliphatic heterocycles. The molecule has 2 fully saturated rings. The minimum atomic E-state index is -0.0766. The second-order valence-corrected chi connectivity index (χ2v) is 5.24. The summed E-state index contributed by atoms with van der Waals surface area (Å²) in [5.41, 5.74) is 0. The molecule has 0 amide bonds. The van der Waals surface area contributed by atoms with Gasteiger partial charge in [-0.1, -0.05) is 19.8 Å². The van der Waals surface area contributed by atoms with Crippen LogP contribution in [0, 0.1) is 5.92 Å². The number of hydrogen-bond acceptors (Lipinski definition) is 2. The van der Waals surface area contributed by atoms with E-state index < -0.39 is 0 Å². The lowest BCUT2D eigenvalue weighted by atomic mass is 9.86. The number of aliphatic hydroxyl groups excluding tert-OH is 1. The van der Waals surface area contributed by atoms with Gasteiger partial charge in [-0.15, -0.1) is 0 Å². The van der Waals surface area contributed by atoms with Crippen LogP contribution in [-0.4, -0.2) is 23.3 Å². The lowest BCUT2D eigenvalue weighted by molar-refractivity contribution is 0.134. The monoisotopic (exact) mass is 197 g/mol. The Morgan fingerprint density at radius 3 is 2.50 bits per heavy atom. The maximum atomic E-state index is 9.72. The molecule has 4 atom stereocenters. The standard InChI is InChI=1S/C12H23NO/c1-9-4-2-5-10(8-9)13-11-6-3-7-12(11)14/h9-14H,2-8H2,1H3. The van der Waals surface area contributed by atoms with Gasteiger partial charge in [-0.3, -0.25) is 0 Å². The molecule has 0 spiro atoms. The summed E-state index contributed by atoms with van der Waals surface area (Å²) in [5, 5.41) is 13.4. The predicted molar refractivity (Wildman–Crippen MR) is 58.2 cm³/mol. The average Bonchev–Trinajstić information content (AvgIpc) is 2.52. The zero-order chi connectivity index (χ0) is 9.97. The van der Waals surface area contributed by atoms with E-state index in [2.05, 4.69) is 12.2 Å². The molecule has 2 aliphatic carbocycles. The fourth-order valence-electron chi connectivity index (χ4n) is 3.02. The highest BCUT2D eigenvalue weighted by molar-refractivity contribution is 4.87. The maximum absolute atomic E-state index is 9.72. The predicted octanol–water partition coefficient (Wildman–Crippen LogP) is 2.07. The lowest BCUT2D eigenvalue weighted by Crippen LogP contribution is -2.44. The Kier molecular flexibility index (Phi) is 3.45. The molecule has 4 unspecified atom stereocenters. The molecule has 0 aromatic rings. The van der Waals surface area contributed by atoms with Crippen molar-refractivity contribution in [1.29, 1.82) is 0 Å². The molecular weight excluding hydrogens is 174 g/mol. The van der Waals surface area contributed by atoms with Crippen molar-refractivity contribution in [2.45, 2.75) is 70.1 Å². The molecule has 0 radical (unpaired) electrons. The van der Waals surface area contributed by atoms with Crippen LogP contribution in [0.5, 0.6) is 0 Å². The highest BCUT2D eigenvalue weighted by atomic mass is 16.3. The average molecular weight is 197 g/mol. The first-order valence-electron chi connectivity index (χ1n) is 6.20. The zero-order valence-electron chi connectivity index (χ0n) is 9.21. The van der Waals surface area contributed by atoms with E-state index in [1.807, 2.05) is 0 Å². The van der Waals surface area contributed by atoms with Gasteiger partial charge in [-0.25, -0.2) is 0 Å². The summed E-state index contributed by atoms with van der Waals surface area (Å²) in [4.78, 5) is 0. The molecule has 0 saturated heterocycles. The number of hydrogen-bond donors (Lipinski definition) is 2. The van der Waals surface area contributed by atoms with Gasteiger partial charge in [0.1, 0.15) is 0 Å². The van der Waals surface area contributed by atoms with Crippen LogP contribution in [0.25, 0.3) is 0 Å². The van der Waals surface area contributed by atoms with Crippen molar-refractivity contribution in [3.05, 3.63) is 0 Å². The third-order valence-corrected chi connectivity index (χ3v) is 3.87. The molecular formula is C12H23NO. The van der Waals surface area contributed by atoms with Crippen LogP contribution in [0.4, 0.5) is 0 Å². The molecule has 2 aliphatic rings. The SMILES string of the molecule is CC1CCCC(NC2CCCC2O)C1. The Morgan fingerprint density at radius 2 is 1.86 bits per heavy atom. The molecule has 2 N–H and O–H groups in total. The fraction of sp³-hybridized carbons (Fsp3) is 1.00. The van der Waals surface area contributed by atoms with Gasteiger partial charge in [0.05, 0.1) is 6.10 Å². The highest BCUT2D eigenvalue weighted by Gasteiger charge is 2.28. The van der Waals surface area contributed by atoms with Crippen LogP contribution in [-0.2, 0) is 0 Å². The van der Waals surface area contributed by atoms with Gasteiger partial charge in [0, 0.05) is 12.1 Å². The highest BCUT2D eigenvalue weighted by Crippen LogP contribution is 2.26. The summed E-state index contributed by atoms with van der Waals surface area (Å²) < 4.78 is 0. The smallest absolute Gasteiger partial charge is 0.0693 e. The number of rotatable bonds is 2. The topological polar surface area (TPSA) is 32.3 Å². The Morgan fingerprint density at radius 1 is 1.07 bits per heavy atom. The van der Waals surface area contributed by atoms with Crippen LogP contribution in [0.1, 0.15) is 51.9 Å². The Hall–Kier alpha value is -0.0800. The molecule has 0 aromatic heterocycles. The minimum Gasteiger partial charge on any atom is -0.392 e. The van der Waals surface area contributed by atoms with Crippen molar-refractivity contribution in [3.63, 3.8) is 0 Å². The van der Waals surface area contributed by atoms with Crippen LogP contribution >= 0.6 is 0 Å². The van der Waals surface area contributed by atoms with Crippen LogP contribution in [0.15, 0.2) is 0 Å². The molecule has 2 heteroatoms. The van der Waals surface area contributed by atoms with E-state index in [9.17, 15) is 5.11 Å². The van der Waals surface area contributed by atoms with Crippen LogP contribution in [0.2, 0.25) is 0 Å². The molecule has 0 bridgehead atoms. The lowest BCUT2D eigenvalue weighted by Gasteiger charge is -2.31. The van der Waals surface area contributed by atoms with Gasteiger partial charge in [0.25, 0.3) is 0 Å². The van der Waals surface area contributed by atoms with Crippen molar-refractivity contribution in [2.24, 2.45) is 5.92 Å². The molecule has 0 heterocycles. The molecule has 2 saturated carbocycles. The Bertz CT molecular complexity index is 183. The van der Waals surface area contributed by atoms with E-state index in [0.29, 0.717) is 12.1 Å². The Labute approximate surface area is 87.1 Å². The van der Waals surface area contributed by atoms with E-state index >= 15 is 0 Å². The van der Waals surface area contributed by atoms with Gasteiger partial charge >= 0.3 is 0 Å². The number of nitrogens with one attached hydrogen (secondary N) is 1. The van der Waals surface area contributed by atoms with Crippen LogP contribution < -0.4 is 5.32 Å². The minimum absolute atomic E-state index is 0.0766. The first kappa shape index (κ1) is 10.4. The van der Waals surface area contributed by atoms with Crippen molar-refractivity contribution in [3.8, 4) is 0 Å². The number of aliphatic hydroxyl groups is 1. The first-order valence-corrected chi connectivity index (χ1v) is 6.20. The largest absolute Gasteiger partial charge is 0.392 e. The maximum Gasteiger partial charge on any atom is 0.0693 e. The first-order chi connectivity index (χ1) is 6.75. The van der Waals surface area contributed by atoms with E-state index in [1.165, 1.54) is 38.5 Å². The summed E-state index contributed by atoms with van der Waals surface area (Å²) in [6, 6.07) is 1.07. The van der Waals surface area contributed by atoms with Crippen molar-refractivity contribution >= 4 is 0 Å². The van der Waals surface area contributed by atoms with Gasteiger partial charge in [-0.05, 0) is 38.0 Å². The molecule has 0 aromatic carbocycles. The normalized spacial score (nSPS) is 44.1. The van der Waals surface area contributed by atoms with Gasteiger partial charge in [-0.2, -0.15) is 0 Å². The van der Waals surface area contributed by atoms with E-state index in [0.717, 1.165) is 12.3 Å². The quantitative estimate of drug-likeness (QED) is 0.710. The summed E-state index contributed by atoms with van der Waals surface area (Å²) in [7, 11) is 0. The van der Waals surface area contributed by atoms with Crippen molar-refractivity contribution in [2.75, 3.05) is 0 Å². The van der Waals surface area contributed by atoms with E-state index in [4.69, 9.17) is 0 Å². The molecule has 2 nitrogen and oxygen atoms in total. The van der Waals surface area contributed by atoms with Gasteiger partial charge in [0.2, 0.25) is 0 Å².